The third-order valence-electron chi connectivity index (χ3n) is 5.09. The highest BCUT2D eigenvalue weighted by atomic mass is 32.3. The van der Waals surface area contributed by atoms with Crippen molar-refractivity contribution in [2.75, 3.05) is 11.1 Å². The van der Waals surface area contributed by atoms with Crippen molar-refractivity contribution in [1.29, 1.82) is 5.41 Å². The maximum Gasteiger partial charge on any atom is 0.282 e. The first-order valence-corrected chi connectivity index (χ1v) is 12.1. The molecular weight excluding hydrogens is 422 g/mol. The Bertz CT molecular complexity index is 1150. The Morgan fingerprint density at radius 2 is 2.10 bits per heavy atom. The number of benzene rings is 1. The second-order valence-corrected chi connectivity index (χ2v) is 11.3. The van der Waals surface area contributed by atoms with Gasteiger partial charge in [-0.1, -0.05) is 32.1 Å². The van der Waals surface area contributed by atoms with Crippen LogP contribution in [0.1, 0.15) is 37.8 Å². The topological polar surface area (TPSA) is 115 Å². The number of nitrogens with zero attached hydrogens (tertiary/aromatic N) is 3. The molecule has 3 heterocycles. The lowest BCUT2D eigenvalue weighted by molar-refractivity contribution is -0.114. The van der Waals surface area contributed by atoms with E-state index >= 15 is 0 Å². The molecule has 10 heteroatoms. The van der Waals surface area contributed by atoms with Gasteiger partial charge < -0.3 is 5.32 Å². The summed E-state index contributed by atoms with van der Waals surface area (Å²) in [7, 11) is -3.60. The van der Waals surface area contributed by atoms with Crippen molar-refractivity contribution >= 4 is 48.6 Å². The number of fused-ring (bicyclic) bond motifs is 2. The Balaban J connectivity index is 1.68. The van der Waals surface area contributed by atoms with Gasteiger partial charge in [-0.3, -0.25) is 10.2 Å². The molecule has 0 saturated carbocycles. The predicted molar refractivity (Wildman–Crippen MR) is 121 cm³/mol. The summed E-state index contributed by atoms with van der Waals surface area (Å²) in [4.78, 5) is 16.7. The largest absolute Gasteiger partial charge is 0.381 e. The van der Waals surface area contributed by atoms with Gasteiger partial charge in [-0.2, -0.15) is 10.0 Å². The number of sulfone groups is 1. The van der Waals surface area contributed by atoms with Crippen LogP contribution in [0.3, 0.4) is 0 Å². The highest BCUT2D eigenvalue weighted by molar-refractivity contribution is 8.42. The fraction of sp³-hybridized carbons (Fsp3) is 0.400. The fourth-order valence-electron chi connectivity index (χ4n) is 3.73. The molecule has 30 heavy (non-hydrogen) atoms. The zero-order chi connectivity index (χ0) is 21.8. The van der Waals surface area contributed by atoms with Crippen LogP contribution < -0.4 is 5.32 Å². The number of thioether (sulfide) groups is 1. The molecule has 2 atom stereocenters. The number of rotatable bonds is 3. The SMILES string of the molecule is Cc1ccc2c(c1)NC(C)C2/C=C1/C(=N)N2N=C(S(=O)(=O)CC(C)C)SC2=NC1=O. The van der Waals surface area contributed by atoms with Gasteiger partial charge in [-0.05, 0) is 48.7 Å². The molecular formula is C20H23N5O3S2. The molecule has 0 fully saturated rings. The molecule has 0 spiro atoms. The fourth-order valence-corrected chi connectivity index (χ4v) is 6.52. The summed E-state index contributed by atoms with van der Waals surface area (Å²) >= 11 is 0.823. The summed E-state index contributed by atoms with van der Waals surface area (Å²) in [6, 6.07) is 6.14. The van der Waals surface area contributed by atoms with Gasteiger partial charge >= 0.3 is 0 Å². The molecule has 1 amide bonds. The Kier molecular flexibility index (Phi) is 5.09. The maximum absolute atomic E-state index is 12.7. The van der Waals surface area contributed by atoms with E-state index in [0.717, 1.165) is 33.6 Å². The molecule has 2 unspecified atom stereocenters. The van der Waals surface area contributed by atoms with Crippen LogP contribution in [0.5, 0.6) is 0 Å². The van der Waals surface area contributed by atoms with Gasteiger partial charge in [0.2, 0.25) is 19.4 Å². The number of aryl methyl sites for hydroxylation is 1. The number of carbonyl (C=O) groups excluding carboxylic acids is 1. The number of hydrazone groups is 1. The van der Waals surface area contributed by atoms with Gasteiger partial charge in [0.1, 0.15) is 0 Å². The Labute approximate surface area is 179 Å². The third kappa shape index (κ3) is 3.58. The smallest absolute Gasteiger partial charge is 0.282 e. The van der Waals surface area contributed by atoms with E-state index in [2.05, 4.69) is 21.5 Å². The molecule has 4 rings (SSSR count). The summed E-state index contributed by atoms with van der Waals surface area (Å²) < 4.78 is 24.9. The normalized spacial score (nSPS) is 24.7. The second kappa shape index (κ2) is 7.35. The zero-order valence-electron chi connectivity index (χ0n) is 17.1. The third-order valence-corrected chi connectivity index (χ3v) is 8.52. The summed E-state index contributed by atoms with van der Waals surface area (Å²) in [5.74, 6) is -0.926. The monoisotopic (exact) mass is 445 g/mol. The number of hydrogen-bond donors (Lipinski definition) is 2. The number of amides is 1. The molecule has 158 valence electrons. The Hall–Kier alpha value is -2.46. The standard InChI is InChI=1S/C20H23N5O3S2/c1-10(2)9-30(27,28)20-24-25-17(21)15(18(26)23-19(25)29-20)8-14-12(4)22-16-7-11(3)5-6-13(14)16/h5-8,10,12,14,21-22H,9H2,1-4H3/b15-8-,21-17?. The molecule has 2 N–H and O–H groups in total. The van der Waals surface area contributed by atoms with Crippen LogP contribution in [0.2, 0.25) is 0 Å². The summed E-state index contributed by atoms with van der Waals surface area (Å²) in [6.07, 6.45) is 1.74. The molecule has 1 aromatic carbocycles. The lowest BCUT2D eigenvalue weighted by Crippen LogP contribution is -2.36. The van der Waals surface area contributed by atoms with E-state index in [-0.39, 0.29) is 44.6 Å². The van der Waals surface area contributed by atoms with Crippen LogP contribution in [0.4, 0.5) is 5.69 Å². The second-order valence-electron chi connectivity index (χ2n) is 8.13. The summed E-state index contributed by atoms with van der Waals surface area (Å²) in [6.45, 7) is 7.66. The number of nitrogens with one attached hydrogen (secondary N) is 2. The predicted octanol–water partition coefficient (Wildman–Crippen LogP) is 3.08. The lowest BCUT2D eigenvalue weighted by Gasteiger charge is -2.22. The van der Waals surface area contributed by atoms with Crippen LogP contribution in [-0.2, 0) is 14.6 Å². The van der Waals surface area contributed by atoms with Crippen LogP contribution >= 0.6 is 11.8 Å². The number of aliphatic imine (C=N–C) groups is 1. The van der Waals surface area contributed by atoms with E-state index in [1.807, 2.05) is 39.8 Å². The van der Waals surface area contributed by atoms with E-state index in [0.29, 0.717) is 0 Å². The Morgan fingerprint density at radius 1 is 1.37 bits per heavy atom. The van der Waals surface area contributed by atoms with E-state index < -0.39 is 15.7 Å². The molecule has 8 nitrogen and oxygen atoms in total. The quantitative estimate of drug-likeness (QED) is 0.691. The van der Waals surface area contributed by atoms with Crippen molar-refractivity contribution in [3.63, 3.8) is 0 Å². The Morgan fingerprint density at radius 3 is 2.80 bits per heavy atom. The first-order chi connectivity index (χ1) is 14.1. The molecule has 0 saturated heterocycles. The van der Waals surface area contributed by atoms with Crippen molar-refractivity contribution in [2.24, 2.45) is 16.0 Å². The molecule has 3 aliphatic heterocycles. The maximum atomic E-state index is 12.7. The molecule has 3 aliphatic rings. The first kappa shape index (κ1) is 20.8. The molecule has 0 radical (unpaired) electrons. The van der Waals surface area contributed by atoms with Gasteiger partial charge in [0.15, 0.2) is 5.84 Å². The average Bonchev–Trinajstić information content (AvgIpc) is 3.18. The van der Waals surface area contributed by atoms with Crippen LogP contribution in [0.15, 0.2) is 39.9 Å². The zero-order valence-corrected chi connectivity index (χ0v) is 18.8. The summed E-state index contributed by atoms with van der Waals surface area (Å²) in [5.41, 5.74) is 3.32. The van der Waals surface area contributed by atoms with Crippen LogP contribution in [0.25, 0.3) is 0 Å². The van der Waals surface area contributed by atoms with Gasteiger partial charge in [0, 0.05) is 17.6 Å². The highest BCUT2D eigenvalue weighted by Gasteiger charge is 2.40. The summed E-state index contributed by atoms with van der Waals surface area (Å²) in [5, 5.41) is 17.3. The average molecular weight is 446 g/mol. The highest BCUT2D eigenvalue weighted by Crippen LogP contribution is 2.39. The van der Waals surface area contributed by atoms with Gasteiger partial charge in [0.25, 0.3) is 5.91 Å². The minimum absolute atomic E-state index is 0.0405. The number of amidine groups is 2. The number of carbonyl (C=O) groups is 1. The lowest BCUT2D eigenvalue weighted by atomic mass is 9.92. The number of anilines is 1. The van der Waals surface area contributed by atoms with E-state index in [9.17, 15) is 13.2 Å². The molecule has 0 aromatic heterocycles. The van der Waals surface area contributed by atoms with Crippen molar-refractivity contribution in [1.82, 2.24) is 5.01 Å². The molecule has 1 aromatic rings. The minimum atomic E-state index is -3.60. The van der Waals surface area contributed by atoms with Gasteiger partial charge in [0.05, 0.1) is 11.3 Å². The van der Waals surface area contributed by atoms with Gasteiger partial charge in [-0.25, -0.2) is 8.42 Å². The first-order valence-electron chi connectivity index (χ1n) is 9.67. The number of hydrogen-bond acceptors (Lipinski definition) is 7. The molecule has 0 bridgehead atoms. The van der Waals surface area contributed by atoms with Crippen molar-refractivity contribution in [2.45, 2.75) is 39.7 Å². The van der Waals surface area contributed by atoms with Crippen molar-refractivity contribution < 1.29 is 13.2 Å². The van der Waals surface area contributed by atoms with Crippen molar-refractivity contribution in [3.05, 3.63) is 41.0 Å². The van der Waals surface area contributed by atoms with Crippen molar-refractivity contribution in [3.8, 4) is 0 Å². The molecule has 0 aliphatic carbocycles. The minimum Gasteiger partial charge on any atom is -0.381 e. The van der Waals surface area contributed by atoms with Crippen LogP contribution in [-0.4, -0.2) is 46.5 Å². The van der Waals surface area contributed by atoms with E-state index in [1.165, 1.54) is 0 Å². The van der Waals surface area contributed by atoms with E-state index in [4.69, 9.17) is 5.41 Å². The van der Waals surface area contributed by atoms with Crippen LogP contribution in [0, 0.1) is 18.3 Å². The van der Waals surface area contributed by atoms with Gasteiger partial charge in [-0.15, -0.1) is 5.10 Å². The van der Waals surface area contributed by atoms with E-state index in [1.54, 1.807) is 6.08 Å².